The highest BCUT2D eigenvalue weighted by Gasteiger charge is 2.41. The normalized spacial score (nSPS) is 21.2. The van der Waals surface area contributed by atoms with Crippen LogP contribution < -0.4 is 0 Å². The van der Waals surface area contributed by atoms with Gasteiger partial charge in [0, 0.05) is 17.5 Å². The van der Waals surface area contributed by atoms with Crippen molar-refractivity contribution < 1.29 is 13.9 Å². The topological polar surface area (TPSA) is 29.5 Å². The molecule has 1 aliphatic carbocycles. The number of carbonyl (C=O) groups excluding carboxylic acids is 1. The van der Waals surface area contributed by atoms with Gasteiger partial charge in [-0.1, -0.05) is 72.8 Å². The molecule has 2 heterocycles. The first kappa shape index (κ1) is 19.3. The maximum Gasteiger partial charge on any atom is 0.410 e. The molecule has 4 heteroatoms. The summed E-state index contributed by atoms with van der Waals surface area (Å²) in [6.07, 6.45) is 4.28. The van der Waals surface area contributed by atoms with Gasteiger partial charge in [0.15, 0.2) is 0 Å². The molecule has 3 aromatic carbocycles. The summed E-state index contributed by atoms with van der Waals surface area (Å²) in [4.78, 5) is 15.0. The van der Waals surface area contributed by atoms with Crippen LogP contribution in [0.3, 0.4) is 0 Å². The van der Waals surface area contributed by atoms with Gasteiger partial charge in [-0.3, -0.25) is 4.90 Å². The first-order chi connectivity index (χ1) is 15.7. The van der Waals surface area contributed by atoms with Gasteiger partial charge in [-0.2, -0.15) is 0 Å². The molecule has 2 unspecified atom stereocenters. The number of hydrogen-bond donors (Lipinski definition) is 0. The van der Waals surface area contributed by atoms with Gasteiger partial charge < -0.3 is 4.74 Å². The Kier molecular flexibility index (Phi) is 4.60. The second-order valence-electron chi connectivity index (χ2n) is 8.89. The Bertz CT molecular complexity index is 1190. The summed E-state index contributed by atoms with van der Waals surface area (Å²) in [5, 5.41) is 0. The van der Waals surface area contributed by atoms with Crippen molar-refractivity contribution in [2.45, 2.75) is 37.3 Å². The molecule has 0 radical (unpaired) electrons. The van der Waals surface area contributed by atoms with Crippen LogP contribution in [0.25, 0.3) is 16.7 Å². The highest BCUT2D eigenvalue weighted by Crippen LogP contribution is 2.45. The standard InChI is InChI=1S/C28H24FNO2/c29-27-12-6-5-7-21(27)18-15-19-13-14-20(16-18)30(19)28(31)32-17-26-24-10-3-1-8-22(24)23-9-2-4-11-25(23)26/h1-12,15,19-20,26H,13-14,16-17H2. The minimum atomic E-state index is -0.261. The zero-order valence-electron chi connectivity index (χ0n) is 17.7. The SMILES string of the molecule is O=C(OCC1c2ccccc2-c2ccccc21)N1C2C=C(c3ccccc3F)CC1CC2. The summed E-state index contributed by atoms with van der Waals surface area (Å²) in [6.45, 7) is 0.326. The van der Waals surface area contributed by atoms with Crippen LogP contribution in [-0.2, 0) is 4.74 Å². The third-order valence-electron chi connectivity index (χ3n) is 7.16. The van der Waals surface area contributed by atoms with E-state index in [0.29, 0.717) is 18.6 Å². The molecule has 3 aliphatic rings. The highest BCUT2D eigenvalue weighted by atomic mass is 19.1. The Morgan fingerprint density at radius 3 is 2.16 bits per heavy atom. The fourth-order valence-corrected chi connectivity index (χ4v) is 5.70. The lowest BCUT2D eigenvalue weighted by atomic mass is 9.94. The second-order valence-corrected chi connectivity index (χ2v) is 8.89. The van der Waals surface area contributed by atoms with E-state index >= 15 is 0 Å². The number of hydrogen-bond acceptors (Lipinski definition) is 2. The van der Waals surface area contributed by atoms with Crippen LogP contribution in [-0.4, -0.2) is 29.7 Å². The maximum absolute atomic E-state index is 14.3. The third kappa shape index (κ3) is 3.05. The van der Waals surface area contributed by atoms with Crippen LogP contribution in [0.1, 0.15) is 41.9 Å². The lowest BCUT2D eigenvalue weighted by molar-refractivity contribution is 0.0866. The van der Waals surface area contributed by atoms with Gasteiger partial charge >= 0.3 is 6.09 Å². The van der Waals surface area contributed by atoms with Crippen molar-refractivity contribution in [2.24, 2.45) is 0 Å². The van der Waals surface area contributed by atoms with Crippen LogP contribution in [0.4, 0.5) is 9.18 Å². The molecule has 1 fully saturated rings. The minimum absolute atomic E-state index is 0.0287. The molecule has 0 N–H and O–H groups in total. The molecule has 1 saturated heterocycles. The largest absolute Gasteiger partial charge is 0.448 e. The second kappa shape index (κ2) is 7.63. The van der Waals surface area contributed by atoms with E-state index in [2.05, 4.69) is 42.5 Å². The number of amides is 1. The quantitative estimate of drug-likeness (QED) is 0.486. The zero-order valence-corrected chi connectivity index (χ0v) is 17.7. The van der Waals surface area contributed by atoms with Gasteiger partial charge in [0.05, 0.1) is 6.04 Å². The smallest absolute Gasteiger partial charge is 0.410 e. The molecule has 32 heavy (non-hydrogen) atoms. The maximum atomic E-state index is 14.3. The van der Waals surface area contributed by atoms with E-state index in [-0.39, 0.29) is 29.9 Å². The fraction of sp³-hybridized carbons (Fsp3) is 0.250. The van der Waals surface area contributed by atoms with E-state index in [0.717, 1.165) is 18.4 Å². The van der Waals surface area contributed by atoms with E-state index in [1.54, 1.807) is 6.07 Å². The van der Waals surface area contributed by atoms with E-state index in [1.807, 2.05) is 29.2 Å². The number of nitrogens with zero attached hydrogens (tertiary/aromatic N) is 1. The molecule has 2 aliphatic heterocycles. The Morgan fingerprint density at radius 1 is 0.875 bits per heavy atom. The molecule has 6 rings (SSSR count). The number of ether oxygens (including phenoxy) is 1. The average Bonchev–Trinajstić information content (AvgIpc) is 3.29. The summed E-state index contributed by atoms with van der Waals surface area (Å²) in [5.41, 5.74) is 6.52. The van der Waals surface area contributed by atoms with E-state index in [1.165, 1.54) is 28.3 Å². The third-order valence-corrected chi connectivity index (χ3v) is 7.16. The monoisotopic (exact) mass is 425 g/mol. The van der Waals surface area contributed by atoms with Crippen LogP contribution in [0, 0.1) is 5.82 Å². The lowest BCUT2D eigenvalue weighted by Gasteiger charge is -2.33. The van der Waals surface area contributed by atoms with Gasteiger partial charge in [0.25, 0.3) is 0 Å². The van der Waals surface area contributed by atoms with E-state index in [9.17, 15) is 9.18 Å². The fourth-order valence-electron chi connectivity index (χ4n) is 5.70. The van der Waals surface area contributed by atoms with Crippen molar-refractivity contribution in [3.63, 3.8) is 0 Å². The Balaban J connectivity index is 1.21. The van der Waals surface area contributed by atoms with Gasteiger partial charge in [-0.25, -0.2) is 9.18 Å². The number of carbonyl (C=O) groups is 1. The Labute approximate surface area is 187 Å². The number of fused-ring (bicyclic) bond motifs is 5. The summed E-state index contributed by atoms with van der Waals surface area (Å²) in [6, 6.07) is 23.6. The van der Waals surface area contributed by atoms with Crippen molar-refractivity contribution in [2.75, 3.05) is 6.61 Å². The first-order valence-electron chi connectivity index (χ1n) is 11.3. The molecule has 1 amide bonds. The molecule has 160 valence electrons. The Hall–Kier alpha value is -3.40. The molecular weight excluding hydrogens is 401 g/mol. The molecule has 2 atom stereocenters. The molecule has 0 spiro atoms. The molecule has 0 saturated carbocycles. The van der Waals surface area contributed by atoms with Crippen molar-refractivity contribution in [1.29, 1.82) is 0 Å². The van der Waals surface area contributed by atoms with Crippen molar-refractivity contribution in [3.8, 4) is 11.1 Å². The predicted octanol–water partition coefficient (Wildman–Crippen LogP) is 6.39. The Morgan fingerprint density at radius 2 is 1.50 bits per heavy atom. The zero-order chi connectivity index (χ0) is 21.7. The number of benzene rings is 3. The lowest BCUT2D eigenvalue weighted by Crippen LogP contribution is -2.43. The van der Waals surface area contributed by atoms with Crippen molar-refractivity contribution in [3.05, 3.63) is 101 Å². The summed E-state index contributed by atoms with van der Waals surface area (Å²) in [7, 11) is 0. The van der Waals surface area contributed by atoms with Gasteiger partial charge in [0.2, 0.25) is 0 Å². The van der Waals surface area contributed by atoms with Gasteiger partial charge in [0.1, 0.15) is 12.4 Å². The summed E-state index contributed by atoms with van der Waals surface area (Å²) >= 11 is 0. The molecule has 3 aromatic rings. The van der Waals surface area contributed by atoms with Crippen LogP contribution in [0.15, 0.2) is 78.9 Å². The molecule has 0 aromatic heterocycles. The highest BCUT2D eigenvalue weighted by molar-refractivity contribution is 5.79. The summed E-state index contributed by atoms with van der Waals surface area (Å²) in [5.74, 6) is -0.147. The van der Waals surface area contributed by atoms with Crippen molar-refractivity contribution in [1.82, 2.24) is 4.90 Å². The first-order valence-corrected chi connectivity index (χ1v) is 11.3. The predicted molar refractivity (Wildman–Crippen MR) is 123 cm³/mol. The van der Waals surface area contributed by atoms with Gasteiger partial charge in [-0.15, -0.1) is 0 Å². The molecule has 3 nitrogen and oxygen atoms in total. The molecule has 2 bridgehead atoms. The average molecular weight is 426 g/mol. The van der Waals surface area contributed by atoms with Gasteiger partial charge in [-0.05, 0) is 53.2 Å². The van der Waals surface area contributed by atoms with Crippen molar-refractivity contribution >= 4 is 11.7 Å². The number of halogens is 1. The number of rotatable bonds is 3. The van der Waals surface area contributed by atoms with E-state index in [4.69, 9.17) is 4.74 Å². The van der Waals surface area contributed by atoms with Crippen LogP contribution >= 0.6 is 0 Å². The van der Waals surface area contributed by atoms with E-state index < -0.39 is 0 Å². The van der Waals surface area contributed by atoms with Crippen LogP contribution in [0.5, 0.6) is 0 Å². The molecular formula is C28H24FNO2. The van der Waals surface area contributed by atoms with Crippen LogP contribution in [0.2, 0.25) is 0 Å². The summed E-state index contributed by atoms with van der Waals surface area (Å²) < 4.78 is 20.2. The minimum Gasteiger partial charge on any atom is -0.448 e.